The zero-order valence-electron chi connectivity index (χ0n) is 78.0. The zero-order chi connectivity index (χ0) is 85.9. The van der Waals surface area contributed by atoms with E-state index in [4.69, 9.17) is 39.1 Å². The highest BCUT2D eigenvalue weighted by Gasteiger charge is 2.55. The zero-order valence-corrected chi connectivity index (χ0v) is 78.0. The molecule has 5 aliphatic heterocycles. The predicted octanol–water partition coefficient (Wildman–Crippen LogP) is 14.5. The molecule has 0 saturated carbocycles. The van der Waals surface area contributed by atoms with E-state index in [0.717, 1.165) is 103 Å². The Balaban J connectivity index is 1.49. The van der Waals surface area contributed by atoms with Crippen molar-refractivity contribution in [3.8, 4) is 0 Å². The van der Waals surface area contributed by atoms with E-state index in [2.05, 4.69) is 195 Å². The molecule has 25 heteroatoms. The van der Waals surface area contributed by atoms with Crippen molar-refractivity contribution < 1.29 is 59.3 Å². The number of hydrogen-bond donors (Lipinski definition) is 5. The molecule has 5 N–H and O–H groups in total. The van der Waals surface area contributed by atoms with E-state index in [-0.39, 0.29) is 75.1 Å². The van der Waals surface area contributed by atoms with E-state index in [0.29, 0.717) is 76.3 Å². The summed E-state index contributed by atoms with van der Waals surface area (Å²) in [6, 6.07) is -0.159. The molecule has 5 saturated heterocycles. The van der Waals surface area contributed by atoms with Crippen LogP contribution in [0.1, 0.15) is 357 Å². The molecule has 5 fully saturated rings. The standard InChI is InChI=1S/C88H169N13O12/c1-34-35-44-94(68-53-78(12,13)99(79(14,15)54-68)111-61-86(28,29)106)71-89-72(95(69-55-80(16,17)100(81(18,19)56-69)112-62-87(30,31)107)47-42-38-36-40-45-92(64(2)102)66-49-74(4,5)97(75(6,7)50-66)109-59-84(24,25)104)91-73(90-71)96(70-57-82(20,21)101(83(22,23)58-70)113-63-88(32,33)108)48-43-39-37-41-46-93(65(3)103)67-51-76(8,9)98(77(10,11)52-67)110-60-85(26,27)105/h66-70,104-108H,34-63H2,1-33H3. The van der Waals surface area contributed by atoms with E-state index in [9.17, 15) is 35.1 Å². The summed E-state index contributed by atoms with van der Waals surface area (Å²) in [7, 11) is 0. The molecule has 25 nitrogen and oxygen atoms in total. The van der Waals surface area contributed by atoms with Crippen LogP contribution in [0.25, 0.3) is 0 Å². The second-order valence-corrected chi connectivity index (χ2v) is 44.8. The van der Waals surface area contributed by atoms with Gasteiger partial charge < -0.3 is 50.0 Å². The molecule has 0 bridgehead atoms. The SMILES string of the molecule is CCCCN(c1nc(N(CCCCCCN(C(C)=O)C2CC(C)(C)N(OCC(C)(C)O)C(C)(C)C2)C2CC(C)(C)N(OCC(C)(C)O)C(C)(C)C2)nc(N(CCCCCCN(C(C)=O)C2CC(C)(C)N(OCC(C)(C)O)C(C)(C)C2)C2CC(C)(C)N(OCC(C)(C)O)C(C)(C)C2)n1)C1CC(C)(C)N(OCC(C)(C)O)C(C)(C)C1. The van der Waals surface area contributed by atoms with Crippen LogP contribution in [0.5, 0.6) is 0 Å². The third-order valence-corrected chi connectivity index (χ3v) is 23.8. The Hall–Kier alpha value is -3.25. The van der Waals surface area contributed by atoms with Crippen LogP contribution in [0.4, 0.5) is 17.8 Å². The summed E-state index contributed by atoms with van der Waals surface area (Å²) in [5, 5.41) is 65.2. The Morgan fingerprint density at radius 1 is 0.310 bits per heavy atom. The van der Waals surface area contributed by atoms with Gasteiger partial charge in [-0.25, -0.2) is 0 Å². The topological polar surface area (TPSA) is 253 Å². The third kappa shape index (κ3) is 27.9. The Morgan fingerprint density at radius 3 is 0.646 bits per heavy atom. The Kier molecular flexibility index (Phi) is 32.3. The first-order valence-corrected chi connectivity index (χ1v) is 43.5. The number of carbonyl (C=O) groups excluding carboxylic acids is 2. The van der Waals surface area contributed by atoms with Crippen molar-refractivity contribution >= 4 is 29.7 Å². The average molecular weight is 1600 g/mol. The Bertz CT molecular complexity index is 2920. The monoisotopic (exact) mass is 1600 g/mol. The third-order valence-electron chi connectivity index (χ3n) is 23.8. The molecule has 113 heavy (non-hydrogen) atoms. The van der Waals surface area contributed by atoms with Gasteiger partial charge in [0.1, 0.15) is 0 Å². The van der Waals surface area contributed by atoms with Crippen LogP contribution in [0.2, 0.25) is 0 Å². The van der Waals surface area contributed by atoms with Crippen molar-refractivity contribution in [2.24, 2.45) is 0 Å². The van der Waals surface area contributed by atoms with E-state index < -0.39 is 83.4 Å². The number of amides is 2. The molecular weight excluding hydrogens is 1430 g/mol. The molecule has 1 aromatic heterocycles. The predicted molar refractivity (Wildman–Crippen MR) is 455 cm³/mol. The number of nitrogens with zero attached hydrogens (tertiary/aromatic N) is 13. The molecule has 6 rings (SSSR count). The molecule has 0 aliphatic carbocycles. The lowest BCUT2D eigenvalue weighted by Gasteiger charge is -2.56. The summed E-state index contributed by atoms with van der Waals surface area (Å²) < 4.78 is 0. The second kappa shape index (κ2) is 37.0. The minimum atomic E-state index is -1.06. The average Bonchev–Trinajstić information content (AvgIpc) is 0.751. The molecule has 658 valence electrons. The number of rotatable bonds is 40. The summed E-state index contributed by atoms with van der Waals surface area (Å²) in [5.41, 5.74) is -9.77. The second-order valence-electron chi connectivity index (χ2n) is 44.8. The first kappa shape index (κ1) is 98.6. The minimum absolute atomic E-state index is 0.00893. The van der Waals surface area contributed by atoms with Gasteiger partial charge >= 0.3 is 0 Å². The van der Waals surface area contributed by atoms with E-state index in [1.807, 2.05) is 0 Å². The first-order chi connectivity index (χ1) is 51.2. The maximum atomic E-state index is 13.9. The number of aliphatic hydroxyl groups is 5. The molecule has 0 radical (unpaired) electrons. The largest absolute Gasteiger partial charge is 0.388 e. The molecule has 0 atom stereocenters. The Morgan fingerprint density at radius 2 is 0.478 bits per heavy atom. The van der Waals surface area contributed by atoms with Gasteiger partial charge in [0.2, 0.25) is 29.7 Å². The summed E-state index contributed by atoms with van der Waals surface area (Å²) >= 11 is 0. The number of hydroxylamine groups is 10. The van der Waals surface area contributed by atoms with Crippen molar-refractivity contribution in [1.29, 1.82) is 0 Å². The van der Waals surface area contributed by atoms with Crippen LogP contribution in [-0.2, 0) is 33.8 Å². The number of anilines is 3. The van der Waals surface area contributed by atoms with Crippen molar-refractivity contribution in [2.75, 3.05) is 80.5 Å². The quantitative estimate of drug-likeness (QED) is 0.0383. The summed E-state index contributed by atoms with van der Waals surface area (Å²) in [6.45, 7) is 71.9. The van der Waals surface area contributed by atoms with Crippen LogP contribution < -0.4 is 14.7 Å². The molecule has 0 unspecified atom stereocenters. The highest BCUT2D eigenvalue weighted by atomic mass is 16.7. The van der Waals surface area contributed by atoms with E-state index in [1.54, 1.807) is 83.1 Å². The molecule has 0 aromatic carbocycles. The van der Waals surface area contributed by atoms with Gasteiger partial charge in [-0.05, 0) is 304 Å². The lowest BCUT2D eigenvalue weighted by molar-refractivity contribution is -0.302. The number of unbranched alkanes of at least 4 members (excludes halogenated alkanes) is 7. The van der Waals surface area contributed by atoms with Crippen molar-refractivity contribution in [2.45, 2.75) is 471 Å². The Labute approximate surface area is 686 Å². The maximum absolute atomic E-state index is 13.9. The fourth-order valence-electron chi connectivity index (χ4n) is 20.4. The van der Waals surface area contributed by atoms with Crippen LogP contribution in [0.3, 0.4) is 0 Å². The molecule has 1 aromatic rings. The molecule has 2 amide bonds. The van der Waals surface area contributed by atoms with Gasteiger partial charge in [-0.2, -0.15) is 40.3 Å². The summed E-state index contributed by atoms with van der Waals surface area (Å²) in [4.78, 5) is 90.1. The van der Waals surface area contributed by atoms with Gasteiger partial charge in [0.25, 0.3) is 0 Å². The lowest BCUT2D eigenvalue weighted by atomic mass is 9.78. The first-order valence-electron chi connectivity index (χ1n) is 43.5. The molecule has 6 heterocycles. The number of piperidine rings is 5. The van der Waals surface area contributed by atoms with Gasteiger partial charge in [0.15, 0.2) is 0 Å². The van der Waals surface area contributed by atoms with Gasteiger partial charge in [0, 0.05) is 132 Å². The van der Waals surface area contributed by atoms with Crippen molar-refractivity contribution in [3.63, 3.8) is 0 Å². The normalized spacial score (nSPS) is 23.0. The number of aromatic nitrogens is 3. The molecule has 5 aliphatic rings. The van der Waals surface area contributed by atoms with Crippen LogP contribution in [0.15, 0.2) is 0 Å². The highest BCUT2D eigenvalue weighted by molar-refractivity contribution is 5.74. The van der Waals surface area contributed by atoms with Crippen LogP contribution >= 0.6 is 0 Å². The summed E-state index contributed by atoms with van der Waals surface area (Å²) in [6.07, 6.45) is 16.0. The number of carbonyl (C=O) groups is 2. The smallest absolute Gasteiger partial charge is 0.232 e. The molecular formula is C88H169N13O12. The summed E-state index contributed by atoms with van der Waals surface area (Å²) in [5.74, 6) is 2.04. The van der Waals surface area contributed by atoms with Crippen LogP contribution in [-0.4, -0.2) is 267 Å². The number of hydrogen-bond acceptors (Lipinski definition) is 23. The fraction of sp³-hybridized carbons (Fsp3) is 0.943. The van der Waals surface area contributed by atoms with Crippen molar-refractivity contribution in [3.05, 3.63) is 0 Å². The minimum Gasteiger partial charge on any atom is -0.388 e. The van der Waals surface area contributed by atoms with Gasteiger partial charge in [0.05, 0.1) is 61.0 Å². The van der Waals surface area contributed by atoms with Gasteiger partial charge in [-0.1, -0.05) is 39.0 Å². The van der Waals surface area contributed by atoms with Crippen LogP contribution in [0, 0.1) is 0 Å². The molecule has 0 spiro atoms. The van der Waals surface area contributed by atoms with E-state index >= 15 is 0 Å². The van der Waals surface area contributed by atoms with E-state index in [1.165, 1.54) is 0 Å². The van der Waals surface area contributed by atoms with Crippen molar-refractivity contribution in [1.82, 2.24) is 50.1 Å². The lowest BCUT2D eigenvalue weighted by Crippen LogP contribution is -2.65. The van der Waals surface area contributed by atoms with Gasteiger partial charge in [-0.3, -0.25) is 33.8 Å². The maximum Gasteiger partial charge on any atom is 0.232 e. The fourth-order valence-corrected chi connectivity index (χ4v) is 20.4. The highest BCUT2D eigenvalue weighted by Crippen LogP contribution is 2.48. The van der Waals surface area contributed by atoms with Gasteiger partial charge in [-0.15, -0.1) is 0 Å².